The summed E-state index contributed by atoms with van der Waals surface area (Å²) < 4.78 is 0. The normalized spacial score (nSPS) is 13.2. The quantitative estimate of drug-likeness (QED) is 0.843. The van der Waals surface area contributed by atoms with Crippen LogP contribution in [0, 0.1) is 0 Å². The first-order chi connectivity index (χ1) is 8.65. The van der Waals surface area contributed by atoms with Crippen molar-refractivity contribution in [2.75, 3.05) is 17.6 Å². The molecular weight excluding hydrogens is 271 g/mol. The Bertz CT molecular complexity index is 628. The number of rotatable bonds is 1. The molecule has 0 amide bonds. The molecule has 0 fully saturated rings. The van der Waals surface area contributed by atoms with Gasteiger partial charge in [0.1, 0.15) is 5.82 Å². The number of anilines is 2. The van der Waals surface area contributed by atoms with Crippen molar-refractivity contribution < 1.29 is 0 Å². The molecule has 0 atom stereocenters. The van der Waals surface area contributed by atoms with Crippen LogP contribution in [0.4, 0.5) is 11.8 Å². The van der Waals surface area contributed by atoms with Crippen LogP contribution < -0.4 is 11.1 Å². The van der Waals surface area contributed by atoms with Crippen molar-refractivity contribution in [3.05, 3.63) is 33.8 Å². The van der Waals surface area contributed by atoms with E-state index < -0.39 is 0 Å². The largest absolute Gasteiger partial charge is 0.369 e. The van der Waals surface area contributed by atoms with Crippen molar-refractivity contribution in [1.82, 2.24) is 9.97 Å². The van der Waals surface area contributed by atoms with Crippen LogP contribution >= 0.6 is 23.2 Å². The lowest BCUT2D eigenvalue weighted by Crippen LogP contribution is -2.01. The number of nitrogens with zero attached hydrogens (tertiary/aromatic N) is 2. The lowest BCUT2D eigenvalue weighted by atomic mass is 10.1. The minimum atomic E-state index is 0.231. The second-order valence-corrected chi connectivity index (χ2v) is 4.90. The first-order valence-electron chi connectivity index (χ1n) is 5.51. The molecule has 0 unspecified atom stereocenters. The van der Waals surface area contributed by atoms with E-state index in [2.05, 4.69) is 15.3 Å². The lowest BCUT2D eigenvalue weighted by Gasteiger charge is -2.09. The fourth-order valence-corrected chi connectivity index (χ4v) is 2.47. The molecule has 1 aliphatic rings. The Morgan fingerprint density at radius 1 is 1.22 bits per heavy atom. The fourth-order valence-electron chi connectivity index (χ4n) is 2.09. The Morgan fingerprint density at radius 3 is 2.89 bits per heavy atom. The highest BCUT2D eigenvalue weighted by Gasteiger charge is 2.20. The standard InChI is InChI=1S/C12H10Cl2N4/c13-6-1-2-9(14)8(5-6)10-7-3-4-16-11(7)18-12(15)17-10/h1-2,5H,3-4H2,(H3,15,16,17,18). The molecule has 0 bridgehead atoms. The highest BCUT2D eigenvalue weighted by Crippen LogP contribution is 2.35. The van der Waals surface area contributed by atoms with Crippen LogP contribution in [0.25, 0.3) is 11.3 Å². The van der Waals surface area contributed by atoms with Gasteiger partial charge in [0.15, 0.2) is 0 Å². The third-order valence-electron chi connectivity index (χ3n) is 2.88. The molecule has 0 saturated carbocycles. The molecule has 0 radical (unpaired) electrons. The zero-order valence-electron chi connectivity index (χ0n) is 9.37. The number of halogens is 2. The highest BCUT2D eigenvalue weighted by atomic mass is 35.5. The van der Waals surface area contributed by atoms with Gasteiger partial charge in [0.05, 0.1) is 10.7 Å². The van der Waals surface area contributed by atoms with Crippen LogP contribution in [-0.4, -0.2) is 16.5 Å². The predicted molar refractivity (Wildman–Crippen MR) is 74.1 cm³/mol. The summed E-state index contributed by atoms with van der Waals surface area (Å²) in [7, 11) is 0. The Kier molecular flexibility index (Phi) is 2.76. The van der Waals surface area contributed by atoms with Crippen LogP contribution in [0.1, 0.15) is 5.56 Å². The van der Waals surface area contributed by atoms with Crippen LogP contribution in [0.5, 0.6) is 0 Å². The number of nitrogens with two attached hydrogens (primary N) is 1. The van der Waals surface area contributed by atoms with E-state index in [9.17, 15) is 0 Å². The monoisotopic (exact) mass is 280 g/mol. The summed E-state index contributed by atoms with van der Waals surface area (Å²) in [6.45, 7) is 0.832. The molecule has 1 aromatic carbocycles. The molecule has 18 heavy (non-hydrogen) atoms. The van der Waals surface area contributed by atoms with E-state index in [1.54, 1.807) is 18.2 Å². The summed E-state index contributed by atoms with van der Waals surface area (Å²) in [5, 5.41) is 4.40. The number of benzene rings is 1. The maximum Gasteiger partial charge on any atom is 0.222 e. The van der Waals surface area contributed by atoms with E-state index in [1.807, 2.05) is 0 Å². The third kappa shape index (κ3) is 1.87. The topological polar surface area (TPSA) is 63.8 Å². The van der Waals surface area contributed by atoms with Crippen LogP contribution in [0.15, 0.2) is 18.2 Å². The number of hydrogen-bond acceptors (Lipinski definition) is 4. The highest BCUT2D eigenvalue weighted by molar-refractivity contribution is 6.35. The van der Waals surface area contributed by atoms with Crippen LogP contribution in [0.3, 0.4) is 0 Å². The van der Waals surface area contributed by atoms with Crippen molar-refractivity contribution in [3.8, 4) is 11.3 Å². The van der Waals surface area contributed by atoms with Gasteiger partial charge < -0.3 is 11.1 Å². The van der Waals surface area contributed by atoms with E-state index in [1.165, 1.54) is 0 Å². The van der Waals surface area contributed by atoms with Gasteiger partial charge in [-0.15, -0.1) is 0 Å². The minimum Gasteiger partial charge on any atom is -0.369 e. The molecule has 6 heteroatoms. The second kappa shape index (κ2) is 4.30. The first-order valence-corrected chi connectivity index (χ1v) is 6.26. The lowest BCUT2D eigenvalue weighted by molar-refractivity contribution is 1.09. The molecule has 92 valence electrons. The number of aromatic nitrogens is 2. The molecule has 1 aliphatic heterocycles. The van der Waals surface area contributed by atoms with Gasteiger partial charge in [-0.1, -0.05) is 23.2 Å². The van der Waals surface area contributed by atoms with Crippen molar-refractivity contribution in [3.63, 3.8) is 0 Å². The number of nitrogen functional groups attached to an aromatic ring is 1. The number of fused-ring (bicyclic) bond motifs is 1. The van der Waals surface area contributed by atoms with E-state index in [0.717, 1.165) is 35.6 Å². The van der Waals surface area contributed by atoms with Gasteiger partial charge in [0.2, 0.25) is 5.95 Å². The Hall–Kier alpha value is -1.52. The summed E-state index contributed by atoms with van der Waals surface area (Å²) in [6, 6.07) is 5.30. The molecular formula is C12H10Cl2N4. The van der Waals surface area contributed by atoms with Gasteiger partial charge in [-0.3, -0.25) is 0 Å². The van der Waals surface area contributed by atoms with Gasteiger partial charge in [0, 0.05) is 22.7 Å². The summed E-state index contributed by atoms with van der Waals surface area (Å²) in [5.41, 5.74) is 8.30. The van der Waals surface area contributed by atoms with E-state index in [0.29, 0.717) is 10.0 Å². The van der Waals surface area contributed by atoms with Crippen LogP contribution in [-0.2, 0) is 6.42 Å². The van der Waals surface area contributed by atoms with Gasteiger partial charge >= 0.3 is 0 Å². The summed E-state index contributed by atoms with van der Waals surface area (Å²) in [6.07, 6.45) is 0.855. The Balaban J connectivity index is 2.26. The molecule has 0 aliphatic carbocycles. The summed E-state index contributed by atoms with van der Waals surface area (Å²) >= 11 is 12.2. The smallest absolute Gasteiger partial charge is 0.222 e. The zero-order chi connectivity index (χ0) is 12.7. The molecule has 4 nitrogen and oxygen atoms in total. The van der Waals surface area contributed by atoms with Gasteiger partial charge in [-0.2, -0.15) is 4.98 Å². The third-order valence-corrected chi connectivity index (χ3v) is 3.44. The molecule has 0 saturated heterocycles. The van der Waals surface area contributed by atoms with Crippen molar-refractivity contribution in [1.29, 1.82) is 0 Å². The minimum absolute atomic E-state index is 0.231. The van der Waals surface area contributed by atoms with Gasteiger partial charge in [0.25, 0.3) is 0 Å². The first kappa shape index (κ1) is 11.6. The molecule has 1 aromatic heterocycles. The zero-order valence-corrected chi connectivity index (χ0v) is 10.9. The SMILES string of the molecule is Nc1nc2c(c(-c3cc(Cl)ccc3Cl)n1)CCN2. The van der Waals surface area contributed by atoms with Gasteiger partial charge in [-0.25, -0.2) is 4.98 Å². The maximum absolute atomic E-state index is 6.20. The van der Waals surface area contributed by atoms with Crippen molar-refractivity contribution in [2.45, 2.75) is 6.42 Å². The van der Waals surface area contributed by atoms with E-state index in [4.69, 9.17) is 28.9 Å². The van der Waals surface area contributed by atoms with Crippen LogP contribution in [0.2, 0.25) is 10.0 Å². The molecule has 0 spiro atoms. The summed E-state index contributed by atoms with van der Waals surface area (Å²) in [5.74, 6) is 1.02. The Morgan fingerprint density at radius 2 is 2.06 bits per heavy atom. The second-order valence-electron chi connectivity index (χ2n) is 4.06. The average Bonchev–Trinajstić information content (AvgIpc) is 2.79. The molecule has 2 heterocycles. The van der Waals surface area contributed by atoms with E-state index >= 15 is 0 Å². The van der Waals surface area contributed by atoms with Crippen molar-refractivity contribution >= 4 is 35.0 Å². The van der Waals surface area contributed by atoms with Gasteiger partial charge in [-0.05, 0) is 24.6 Å². The molecule has 3 rings (SSSR count). The summed E-state index contributed by atoms with van der Waals surface area (Å²) in [4.78, 5) is 8.47. The Labute approximate surface area is 114 Å². The fraction of sp³-hybridized carbons (Fsp3) is 0.167. The molecule has 3 N–H and O–H groups in total. The van der Waals surface area contributed by atoms with E-state index in [-0.39, 0.29) is 5.95 Å². The predicted octanol–water partition coefficient (Wildman–Crippen LogP) is 3.00. The number of nitrogens with one attached hydrogen (secondary N) is 1. The van der Waals surface area contributed by atoms with Crippen molar-refractivity contribution in [2.24, 2.45) is 0 Å². The maximum atomic E-state index is 6.20. The number of hydrogen-bond donors (Lipinski definition) is 2. The molecule has 2 aromatic rings. The average molecular weight is 281 g/mol.